The van der Waals surface area contributed by atoms with Crippen LogP contribution in [0.15, 0.2) is 60.6 Å². The Bertz CT molecular complexity index is 1830. The monoisotopic (exact) mass is 445 g/mol. The molecule has 2 heteroatoms. The molecule has 168 valence electrons. The highest BCUT2D eigenvalue weighted by Gasteiger charge is 2.37. The van der Waals surface area contributed by atoms with Gasteiger partial charge in [-0.2, -0.15) is 0 Å². The van der Waals surface area contributed by atoms with Crippen molar-refractivity contribution in [2.24, 2.45) is 0 Å². The van der Waals surface area contributed by atoms with Gasteiger partial charge in [0.05, 0.1) is 21.2 Å². The number of rotatable bonds is 3. The van der Waals surface area contributed by atoms with E-state index in [-0.39, 0.29) is 16.9 Å². The highest BCUT2D eigenvalue weighted by Crippen LogP contribution is 2.48. The van der Waals surface area contributed by atoms with E-state index in [0.29, 0.717) is 11.3 Å². The lowest BCUT2D eigenvalue weighted by atomic mass is 9.63. The molecule has 0 atom stereocenters. The average molecular weight is 446 g/mol. The first-order chi connectivity index (χ1) is 22.7. The summed E-state index contributed by atoms with van der Waals surface area (Å²) in [6.45, 7) is -11.0. The first-order valence-electron chi connectivity index (χ1n) is 19.6. The van der Waals surface area contributed by atoms with Gasteiger partial charge >= 0.3 is 0 Å². The molecule has 1 aliphatic rings. The average Bonchev–Trinajstić information content (AvgIpc) is 2.91. The zero-order valence-corrected chi connectivity index (χ0v) is 18.1. The molecule has 0 unspecified atom stereocenters. The van der Waals surface area contributed by atoms with E-state index in [2.05, 4.69) is 5.32 Å². The lowest BCUT2D eigenvalue weighted by Gasteiger charge is -2.42. The minimum atomic E-state index is -4.40. The summed E-state index contributed by atoms with van der Waals surface area (Å²) in [5, 5.41) is 3.15. The Hall–Kier alpha value is -2.74. The molecule has 4 rings (SSSR count). The Morgan fingerprint density at radius 3 is 2.28 bits per heavy atom. The molecule has 0 saturated heterocycles. The largest absolute Gasteiger partial charge is 0.397 e. The van der Waals surface area contributed by atoms with Crippen LogP contribution in [0.2, 0.25) is 0 Å². The molecular formula is C30H38N2. The van der Waals surface area contributed by atoms with Gasteiger partial charge in [0.15, 0.2) is 0 Å². The predicted molar refractivity (Wildman–Crippen MR) is 140 cm³/mol. The maximum atomic E-state index is 9.54. The molecule has 3 aromatic carbocycles. The number of para-hydroxylation sites is 3. The molecule has 3 N–H and O–H groups in total. The Morgan fingerprint density at radius 1 is 0.938 bits per heavy atom. The van der Waals surface area contributed by atoms with Crippen LogP contribution in [0.3, 0.4) is 0 Å². The lowest BCUT2D eigenvalue weighted by Crippen LogP contribution is -2.33. The van der Waals surface area contributed by atoms with Gasteiger partial charge in [0.2, 0.25) is 0 Å². The smallest absolute Gasteiger partial charge is 0.0632 e. The first-order valence-corrected chi connectivity index (χ1v) is 10.1. The molecule has 0 radical (unpaired) electrons. The lowest BCUT2D eigenvalue weighted by molar-refractivity contribution is 0.332. The van der Waals surface area contributed by atoms with E-state index in [1.54, 1.807) is 30.3 Å². The van der Waals surface area contributed by atoms with Gasteiger partial charge < -0.3 is 11.1 Å². The van der Waals surface area contributed by atoms with Gasteiger partial charge in [-0.25, -0.2) is 0 Å². The Labute approximate surface area is 221 Å². The molecule has 1 aliphatic carbocycles. The van der Waals surface area contributed by atoms with Crippen LogP contribution in [0.4, 0.5) is 17.1 Å². The van der Waals surface area contributed by atoms with E-state index in [9.17, 15) is 4.11 Å². The molecular weight excluding hydrogens is 388 g/mol. The van der Waals surface area contributed by atoms with Crippen molar-refractivity contribution in [3.05, 3.63) is 77.3 Å². The predicted octanol–water partition coefficient (Wildman–Crippen LogP) is 8.33. The number of anilines is 3. The summed E-state index contributed by atoms with van der Waals surface area (Å²) in [6.07, 6.45) is -8.80. The normalized spacial score (nSPS) is 30.4. The minimum absolute atomic E-state index is 0.107. The summed E-state index contributed by atoms with van der Waals surface area (Å²) in [7, 11) is 0. The molecule has 2 nitrogen and oxygen atoms in total. The highest BCUT2D eigenvalue weighted by molar-refractivity contribution is 5.87. The zero-order chi connectivity index (χ0) is 39.5. The first kappa shape index (κ1) is 8.89. The molecule has 0 fully saturated rings. The van der Waals surface area contributed by atoms with Crippen molar-refractivity contribution in [2.45, 2.75) is 77.2 Å². The summed E-state index contributed by atoms with van der Waals surface area (Å²) in [5.74, 6) is 0. The molecule has 32 heavy (non-hydrogen) atoms. The molecule has 0 saturated carbocycles. The van der Waals surface area contributed by atoms with Gasteiger partial charge in [0, 0.05) is 27.5 Å². The van der Waals surface area contributed by atoms with Gasteiger partial charge in [0.25, 0.3) is 0 Å². The minimum Gasteiger partial charge on any atom is -0.397 e. The molecule has 0 aromatic heterocycles. The van der Waals surface area contributed by atoms with Crippen molar-refractivity contribution < 1.29 is 26.0 Å². The third-order valence-corrected chi connectivity index (χ3v) is 5.36. The third kappa shape index (κ3) is 4.03. The van der Waals surface area contributed by atoms with Gasteiger partial charge in [0.1, 0.15) is 0 Å². The maximum absolute atomic E-state index is 9.54. The van der Waals surface area contributed by atoms with Crippen LogP contribution in [0.25, 0.3) is 11.1 Å². The van der Waals surface area contributed by atoms with E-state index < -0.39 is 91.2 Å². The topological polar surface area (TPSA) is 38.0 Å². The Kier molecular flexibility index (Phi) is 2.14. The van der Waals surface area contributed by atoms with Gasteiger partial charge in [-0.1, -0.05) is 96.6 Å². The molecule has 0 heterocycles. The second-order valence-electron chi connectivity index (χ2n) is 8.94. The van der Waals surface area contributed by atoms with E-state index >= 15 is 0 Å². The fraction of sp³-hybridized carbons (Fsp3) is 0.400. The number of hydrogen-bond acceptors (Lipinski definition) is 2. The summed E-state index contributed by atoms with van der Waals surface area (Å²) < 4.78 is 166. The molecule has 0 aliphatic heterocycles. The van der Waals surface area contributed by atoms with E-state index in [1.807, 2.05) is 20.8 Å². The number of nitrogens with two attached hydrogens (primary N) is 1. The van der Waals surface area contributed by atoms with Crippen molar-refractivity contribution in [1.29, 1.82) is 0 Å². The molecule has 0 amide bonds. The van der Waals surface area contributed by atoms with E-state index in [1.165, 1.54) is 12.1 Å². The number of fused-ring (bicyclic) bond motifs is 1. The summed E-state index contributed by atoms with van der Waals surface area (Å²) in [5.41, 5.74) is -5.32. The number of nitrogens with one attached hydrogen (secondary N) is 1. The molecule has 0 bridgehead atoms. The number of benzene rings is 3. The van der Waals surface area contributed by atoms with Gasteiger partial charge in [-0.15, -0.1) is 0 Å². The number of nitrogen functional groups attached to an aromatic ring is 1. The Morgan fingerprint density at radius 2 is 1.62 bits per heavy atom. The second kappa shape index (κ2) is 7.69. The van der Waals surface area contributed by atoms with Crippen molar-refractivity contribution in [3.63, 3.8) is 0 Å². The summed E-state index contributed by atoms with van der Waals surface area (Å²) in [6, 6.07) is 7.37. The maximum Gasteiger partial charge on any atom is 0.0632 e. The fourth-order valence-corrected chi connectivity index (χ4v) is 3.68. The fourth-order valence-electron chi connectivity index (χ4n) is 3.68. The molecule has 0 spiro atoms. The molecule has 3 aromatic rings. The van der Waals surface area contributed by atoms with Crippen LogP contribution in [-0.4, -0.2) is 0 Å². The summed E-state index contributed by atoms with van der Waals surface area (Å²) >= 11 is 0. The van der Waals surface area contributed by atoms with Crippen LogP contribution in [0.5, 0.6) is 0 Å². The van der Waals surface area contributed by atoms with Crippen molar-refractivity contribution in [1.82, 2.24) is 0 Å². The zero-order valence-electron chi connectivity index (χ0n) is 37.1. The Balaban J connectivity index is 2.47. The number of hydrogen-bond donors (Lipinski definition) is 2. The van der Waals surface area contributed by atoms with Crippen molar-refractivity contribution >= 4 is 17.1 Å². The van der Waals surface area contributed by atoms with E-state index in [4.69, 9.17) is 27.7 Å². The van der Waals surface area contributed by atoms with Crippen LogP contribution in [-0.2, 0) is 16.2 Å². The highest BCUT2D eigenvalue weighted by atomic mass is 14.9. The van der Waals surface area contributed by atoms with Gasteiger partial charge in [-0.05, 0) is 63.4 Å². The van der Waals surface area contributed by atoms with Gasteiger partial charge in [-0.3, -0.25) is 0 Å². The van der Waals surface area contributed by atoms with Crippen LogP contribution >= 0.6 is 0 Å². The summed E-state index contributed by atoms with van der Waals surface area (Å²) in [4.78, 5) is 0. The van der Waals surface area contributed by atoms with E-state index in [0.717, 1.165) is 0 Å². The standard InChI is InChI=1S/C30H38N2/c1-28(2,3)23-12-10-11-21(27(23)32-26-14-9-8-13-25(26)31)20-15-16-22-24(19-20)30(6,7)18-17-29(22,4)5/h8-16,19,32H,17-18,31H2,1-7H3/i4D3,5D3,6D3,7D3,15D,16D,17D2,18D2,19D. The van der Waals surface area contributed by atoms with Crippen LogP contribution in [0, 0.1) is 0 Å². The second-order valence-corrected chi connectivity index (χ2v) is 8.94. The quantitative estimate of drug-likeness (QED) is 0.398. The third-order valence-electron chi connectivity index (χ3n) is 5.36. The van der Waals surface area contributed by atoms with Crippen LogP contribution in [0.1, 0.15) is 104 Å². The SMILES string of the molecule is [2H]c1c([2H])c2c(c([2H])c1-c1cccc(C(C)(C)C)c1Nc1ccccc1N)C(C([2H])([2H])[2H])(C([2H])([2H])[2H])C([2H])([2H])C([2H])([2H])C2(C([2H])([2H])[2H])C([2H])([2H])[2H]. The van der Waals surface area contributed by atoms with Crippen LogP contribution < -0.4 is 11.1 Å². The van der Waals surface area contributed by atoms with Crippen molar-refractivity contribution in [2.75, 3.05) is 11.1 Å². The van der Waals surface area contributed by atoms with Crippen molar-refractivity contribution in [3.8, 4) is 11.1 Å².